The summed E-state index contributed by atoms with van der Waals surface area (Å²) >= 11 is 0. The minimum absolute atomic E-state index is 0.404. The first-order valence-corrected chi connectivity index (χ1v) is 4.77. The van der Waals surface area contributed by atoms with Crippen molar-refractivity contribution in [3.63, 3.8) is 0 Å². The van der Waals surface area contributed by atoms with Gasteiger partial charge in [0.2, 0.25) is 0 Å². The van der Waals surface area contributed by atoms with Gasteiger partial charge in [-0.15, -0.1) is 0 Å². The number of alkyl halides is 3. The van der Waals surface area contributed by atoms with E-state index in [9.17, 15) is 21.6 Å². The average Bonchev–Trinajstić information content (AvgIpc) is 1.98. The van der Waals surface area contributed by atoms with Crippen LogP contribution in [0.25, 0.3) is 0 Å². The summed E-state index contributed by atoms with van der Waals surface area (Å²) in [6, 6.07) is 0. The maximum absolute atomic E-state index is 11.7. The normalized spacial score (nSPS) is 15.8. The van der Waals surface area contributed by atoms with Gasteiger partial charge in [0.25, 0.3) is 0 Å². The molecule has 1 unspecified atom stereocenters. The van der Waals surface area contributed by atoms with E-state index in [1.165, 1.54) is 18.8 Å². The van der Waals surface area contributed by atoms with Crippen molar-refractivity contribution in [3.8, 4) is 0 Å². The maximum atomic E-state index is 11.7. The highest BCUT2D eigenvalue weighted by molar-refractivity contribution is 7.90. The zero-order valence-electron chi connectivity index (χ0n) is 7.05. The molecule has 0 bridgehead atoms. The van der Waals surface area contributed by atoms with Gasteiger partial charge < -0.3 is 4.74 Å². The third-order valence-corrected chi connectivity index (χ3v) is 2.42. The standard InChI is InChI=1S/C5H10F3NO3S/c1-4(12-2)3-9-13(10,11)5(6,7)8/h4,9H,3H2,1-2H3. The number of ether oxygens (including phenoxy) is 1. The lowest BCUT2D eigenvalue weighted by Crippen LogP contribution is -2.40. The molecule has 80 valence electrons. The second kappa shape index (κ2) is 4.25. The van der Waals surface area contributed by atoms with Crippen molar-refractivity contribution in [3.05, 3.63) is 0 Å². The van der Waals surface area contributed by atoms with E-state index in [1.807, 2.05) is 0 Å². The largest absolute Gasteiger partial charge is 0.511 e. The van der Waals surface area contributed by atoms with Crippen LogP contribution in [0.1, 0.15) is 6.92 Å². The SMILES string of the molecule is COC(C)CNS(=O)(=O)C(F)(F)F. The Morgan fingerprint density at radius 3 is 2.23 bits per heavy atom. The van der Waals surface area contributed by atoms with Crippen LogP contribution in [0, 0.1) is 0 Å². The molecule has 0 rings (SSSR count). The Bertz CT molecular complexity index is 248. The second-order valence-corrected chi connectivity index (χ2v) is 4.10. The van der Waals surface area contributed by atoms with Crippen molar-refractivity contribution >= 4 is 10.0 Å². The number of rotatable bonds is 4. The lowest BCUT2D eigenvalue weighted by atomic mass is 10.4. The molecule has 0 heterocycles. The van der Waals surface area contributed by atoms with Crippen LogP contribution in [0.3, 0.4) is 0 Å². The molecule has 8 heteroatoms. The average molecular weight is 221 g/mol. The first-order valence-electron chi connectivity index (χ1n) is 3.29. The second-order valence-electron chi connectivity index (χ2n) is 2.34. The van der Waals surface area contributed by atoms with E-state index >= 15 is 0 Å². The van der Waals surface area contributed by atoms with Gasteiger partial charge in [-0.2, -0.15) is 13.2 Å². The molecule has 0 spiro atoms. The van der Waals surface area contributed by atoms with Gasteiger partial charge in [0, 0.05) is 13.7 Å². The number of hydrogen-bond acceptors (Lipinski definition) is 3. The van der Waals surface area contributed by atoms with Crippen molar-refractivity contribution in [2.45, 2.75) is 18.5 Å². The molecule has 0 saturated carbocycles. The minimum Gasteiger partial charge on any atom is -0.380 e. The van der Waals surface area contributed by atoms with Crippen LogP contribution < -0.4 is 4.72 Å². The van der Waals surface area contributed by atoms with Gasteiger partial charge in [-0.05, 0) is 6.92 Å². The molecular weight excluding hydrogens is 211 g/mol. The van der Waals surface area contributed by atoms with Crippen LogP contribution >= 0.6 is 0 Å². The van der Waals surface area contributed by atoms with Crippen LogP contribution in [0.4, 0.5) is 13.2 Å². The summed E-state index contributed by atoms with van der Waals surface area (Å²) in [5, 5.41) is 0. The summed E-state index contributed by atoms with van der Waals surface area (Å²) in [4.78, 5) is 0. The van der Waals surface area contributed by atoms with E-state index < -0.39 is 28.2 Å². The first kappa shape index (κ1) is 12.7. The van der Waals surface area contributed by atoms with Crippen LogP contribution in [0.15, 0.2) is 0 Å². The number of sulfonamides is 1. The Labute approximate surface area is 74.1 Å². The lowest BCUT2D eigenvalue weighted by Gasteiger charge is -2.12. The van der Waals surface area contributed by atoms with Gasteiger partial charge >= 0.3 is 15.5 Å². The van der Waals surface area contributed by atoms with E-state index in [0.717, 1.165) is 0 Å². The molecule has 1 N–H and O–H groups in total. The smallest absolute Gasteiger partial charge is 0.380 e. The predicted octanol–water partition coefficient (Wildman–Crippen LogP) is 0.461. The minimum atomic E-state index is -5.26. The highest BCUT2D eigenvalue weighted by Gasteiger charge is 2.45. The van der Waals surface area contributed by atoms with Crippen LogP contribution in [0.5, 0.6) is 0 Å². The quantitative estimate of drug-likeness (QED) is 0.750. The number of hydrogen-bond donors (Lipinski definition) is 1. The molecule has 0 saturated heterocycles. The molecule has 13 heavy (non-hydrogen) atoms. The Balaban J connectivity index is 4.22. The Morgan fingerprint density at radius 2 is 1.92 bits per heavy atom. The molecule has 0 aliphatic heterocycles. The van der Waals surface area contributed by atoms with E-state index in [1.54, 1.807) is 0 Å². The van der Waals surface area contributed by atoms with E-state index in [-0.39, 0.29) is 0 Å². The zero-order valence-corrected chi connectivity index (χ0v) is 7.87. The highest BCUT2D eigenvalue weighted by Crippen LogP contribution is 2.21. The molecule has 0 fully saturated rings. The number of nitrogens with one attached hydrogen (secondary N) is 1. The number of methoxy groups -OCH3 is 1. The highest BCUT2D eigenvalue weighted by atomic mass is 32.2. The Kier molecular flexibility index (Phi) is 4.14. The Morgan fingerprint density at radius 1 is 1.46 bits per heavy atom. The van der Waals surface area contributed by atoms with Crippen molar-refractivity contribution in [2.75, 3.05) is 13.7 Å². The molecular formula is C5H10F3NO3S. The molecule has 0 aliphatic rings. The first-order chi connectivity index (χ1) is 5.70. The van der Waals surface area contributed by atoms with Gasteiger partial charge in [0.1, 0.15) is 0 Å². The summed E-state index contributed by atoms with van der Waals surface area (Å²) in [5.41, 5.74) is -5.26. The van der Waals surface area contributed by atoms with E-state index in [0.29, 0.717) is 0 Å². The van der Waals surface area contributed by atoms with Gasteiger partial charge in [0.05, 0.1) is 6.10 Å². The van der Waals surface area contributed by atoms with Crippen LogP contribution in [-0.2, 0) is 14.8 Å². The summed E-state index contributed by atoms with van der Waals surface area (Å²) in [6.45, 7) is 1.04. The fourth-order valence-corrected chi connectivity index (χ4v) is 1.01. The fraction of sp³-hybridized carbons (Fsp3) is 1.00. The molecule has 0 aromatic carbocycles. The summed E-state index contributed by atoms with van der Waals surface area (Å²) in [6.07, 6.45) is -0.600. The maximum Gasteiger partial charge on any atom is 0.511 e. The van der Waals surface area contributed by atoms with Gasteiger partial charge in [-0.3, -0.25) is 0 Å². The summed E-state index contributed by atoms with van der Waals surface area (Å²) < 4.78 is 61.8. The molecule has 0 aromatic rings. The summed E-state index contributed by atoms with van der Waals surface area (Å²) in [7, 11) is -3.96. The molecule has 0 aliphatic carbocycles. The van der Waals surface area contributed by atoms with Gasteiger partial charge in [-0.1, -0.05) is 0 Å². The molecule has 4 nitrogen and oxygen atoms in total. The predicted molar refractivity (Wildman–Crippen MR) is 39.4 cm³/mol. The number of halogens is 3. The monoisotopic (exact) mass is 221 g/mol. The zero-order chi connectivity index (χ0) is 10.7. The van der Waals surface area contributed by atoms with Crippen molar-refractivity contribution in [1.82, 2.24) is 4.72 Å². The topological polar surface area (TPSA) is 55.4 Å². The fourth-order valence-electron chi connectivity index (χ4n) is 0.392. The van der Waals surface area contributed by atoms with Crippen molar-refractivity contribution < 1.29 is 26.3 Å². The van der Waals surface area contributed by atoms with Crippen LogP contribution in [-0.4, -0.2) is 33.7 Å². The van der Waals surface area contributed by atoms with Gasteiger partial charge in [0.15, 0.2) is 0 Å². The van der Waals surface area contributed by atoms with Gasteiger partial charge in [-0.25, -0.2) is 13.1 Å². The Hall–Kier alpha value is -0.340. The summed E-state index contributed by atoms with van der Waals surface area (Å²) in [5.74, 6) is 0. The van der Waals surface area contributed by atoms with E-state index in [4.69, 9.17) is 0 Å². The third-order valence-electron chi connectivity index (χ3n) is 1.27. The van der Waals surface area contributed by atoms with Crippen LogP contribution in [0.2, 0.25) is 0 Å². The third kappa shape index (κ3) is 3.92. The van der Waals surface area contributed by atoms with Crippen molar-refractivity contribution in [1.29, 1.82) is 0 Å². The molecule has 0 radical (unpaired) electrons. The molecule has 0 amide bonds. The van der Waals surface area contributed by atoms with E-state index in [2.05, 4.69) is 4.74 Å². The lowest BCUT2D eigenvalue weighted by molar-refractivity contribution is -0.0450. The molecule has 1 atom stereocenters. The van der Waals surface area contributed by atoms with Crippen molar-refractivity contribution in [2.24, 2.45) is 0 Å². The molecule has 0 aromatic heterocycles.